The molecule has 1 aromatic carbocycles. The Morgan fingerprint density at radius 1 is 1.11 bits per heavy atom. The van der Waals surface area contributed by atoms with Gasteiger partial charge >= 0.3 is 0 Å². The van der Waals surface area contributed by atoms with Crippen molar-refractivity contribution in [1.29, 1.82) is 0 Å². The van der Waals surface area contributed by atoms with E-state index < -0.39 is 0 Å². The zero-order valence-electron chi connectivity index (χ0n) is 17.8. The number of aryl methyl sites for hydroxylation is 2. The first-order valence-corrected chi connectivity index (χ1v) is 10.9. The third kappa shape index (κ3) is 4.95. The molecular weight excluding hydrogens is 324 g/mol. The first-order valence-electron chi connectivity index (χ1n) is 10.9. The van der Waals surface area contributed by atoms with Crippen molar-refractivity contribution in [3.8, 4) is 12.3 Å². The molecule has 1 saturated carbocycles. The lowest BCUT2D eigenvalue weighted by Crippen LogP contribution is -2.18. The molecule has 3 rings (SSSR count). The normalized spacial score (nSPS) is 26.0. The van der Waals surface area contributed by atoms with Gasteiger partial charge < -0.3 is 0 Å². The standard InChI is InChI=1S/C27H36/c1-6-21(4)22(5)10-7-8-11-23-17-26(18-24-12-9-13-27(23)24)25-15-19(2)14-20(3)16-25/h1,7,10,17-20,25H,8-9,11-16H2,2-5H3/b10-7-,22-21-. The van der Waals surface area contributed by atoms with E-state index >= 15 is 0 Å². The van der Waals surface area contributed by atoms with Crippen LogP contribution in [-0.4, -0.2) is 0 Å². The van der Waals surface area contributed by atoms with Gasteiger partial charge in [0.05, 0.1) is 0 Å². The Hall–Kier alpha value is -1.74. The molecule has 0 aromatic heterocycles. The van der Waals surface area contributed by atoms with Gasteiger partial charge in [-0.05, 0) is 111 Å². The maximum absolute atomic E-state index is 5.49. The zero-order chi connectivity index (χ0) is 19.4. The molecule has 144 valence electrons. The summed E-state index contributed by atoms with van der Waals surface area (Å²) in [4.78, 5) is 0. The highest BCUT2D eigenvalue weighted by atomic mass is 14.3. The van der Waals surface area contributed by atoms with Crippen molar-refractivity contribution in [3.63, 3.8) is 0 Å². The number of benzene rings is 1. The number of terminal acetylenes is 1. The number of fused-ring (bicyclic) bond motifs is 1. The topological polar surface area (TPSA) is 0 Å². The molecule has 1 aromatic rings. The minimum absolute atomic E-state index is 0.771. The molecule has 0 N–H and O–H groups in total. The SMILES string of the molecule is C#C/C(C)=C(C)\C=C/CCc1cc(C2CC(C)CC(C)C2)cc2c1CCC2. The molecule has 27 heavy (non-hydrogen) atoms. The van der Waals surface area contributed by atoms with Crippen LogP contribution in [0.15, 0.2) is 35.4 Å². The average Bonchev–Trinajstić information content (AvgIpc) is 3.12. The summed E-state index contributed by atoms with van der Waals surface area (Å²) in [6.45, 7) is 9.00. The number of hydrogen-bond donors (Lipinski definition) is 0. The van der Waals surface area contributed by atoms with Gasteiger partial charge in [0.25, 0.3) is 0 Å². The Bertz CT molecular complexity index is 758. The van der Waals surface area contributed by atoms with E-state index in [0.717, 1.165) is 36.2 Å². The van der Waals surface area contributed by atoms with E-state index in [-0.39, 0.29) is 0 Å². The van der Waals surface area contributed by atoms with Gasteiger partial charge in [-0.2, -0.15) is 0 Å². The number of allylic oxidation sites excluding steroid dienone is 4. The summed E-state index contributed by atoms with van der Waals surface area (Å²) < 4.78 is 0. The molecule has 0 spiro atoms. The summed E-state index contributed by atoms with van der Waals surface area (Å²) in [5.41, 5.74) is 8.81. The minimum atomic E-state index is 0.771. The van der Waals surface area contributed by atoms with E-state index in [1.54, 1.807) is 22.3 Å². The fourth-order valence-corrected chi connectivity index (χ4v) is 5.24. The van der Waals surface area contributed by atoms with E-state index in [2.05, 4.69) is 51.0 Å². The molecule has 0 radical (unpaired) electrons. The van der Waals surface area contributed by atoms with Crippen LogP contribution in [0.25, 0.3) is 0 Å². The molecule has 0 aliphatic heterocycles. The van der Waals surface area contributed by atoms with Gasteiger partial charge in [-0.25, -0.2) is 0 Å². The maximum atomic E-state index is 5.49. The minimum Gasteiger partial charge on any atom is -0.115 e. The zero-order valence-corrected chi connectivity index (χ0v) is 17.8. The van der Waals surface area contributed by atoms with Crippen LogP contribution in [0.4, 0.5) is 0 Å². The van der Waals surface area contributed by atoms with Crippen LogP contribution in [0, 0.1) is 24.2 Å². The van der Waals surface area contributed by atoms with E-state index in [1.807, 2.05) is 6.92 Å². The van der Waals surface area contributed by atoms with Crippen LogP contribution in [0.5, 0.6) is 0 Å². The second-order valence-electron chi connectivity index (χ2n) is 9.18. The molecule has 2 aliphatic rings. The summed E-state index contributed by atoms with van der Waals surface area (Å²) in [5, 5.41) is 0. The highest BCUT2D eigenvalue weighted by Gasteiger charge is 2.26. The Kier molecular flexibility index (Phi) is 6.64. The van der Waals surface area contributed by atoms with Crippen LogP contribution in [-0.2, 0) is 19.3 Å². The van der Waals surface area contributed by atoms with Crippen molar-refractivity contribution in [2.24, 2.45) is 11.8 Å². The molecule has 0 amide bonds. The molecule has 2 unspecified atom stereocenters. The van der Waals surface area contributed by atoms with Gasteiger partial charge in [0.2, 0.25) is 0 Å². The van der Waals surface area contributed by atoms with Crippen LogP contribution in [0.3, 0.4) is 0 Å². The lowest BCUT2D eigenvalue weighted by Gasteiger charge is -2.32. The Morgan fingerprint density at radius 3 is 2.56 bits per heavy atom. The fourth-order valence-electron chi connectivity index (χ4n) is 5.24. The molecule has 2 atom stereocenters. The average molecular weight is 361 g/mol. The van der Waals surface area contributed by atoms with Gasteiger partial charge in [0.1, 0.15) is 0 Å². The lowest BCUT2D eigenvalue weighted by atomic mass is 9.73. The monoisotopic (exact) mass is 360 g/mol. The molecule has 0 bridgehead atoms. The van der Waals surface area contributed by atoms with Crippen LogP contribution >= 0.6 is 0 Å². The van der Waals surface area contributed by atoms with Crippen molar-refractivity contribution in [1.82, 2.24) is 0 Å². The third-order valence-corrected chi connectivity index (χ3v) is 6.74. The molecule has 1 fully saturated rings. The highest BCUT2D eigenvalue weighted by molar-refractivity contribution is 5.44. The summed E-state index contributed by atoms with van der Waals surface area (Å²) in [5.74, 6) is 5.24. The Labute approximate surface area is 167 Å². The molecule has 0 heteroatoms. The predicted octanol–water partition coefficient (Wildman–Crippen LogP) is 7.17. The maximum Gasteiger partial charge on any atom is 0.00156 e. The number of rotatable bonds is 5. The largest absolute Gasteiger partial charge is 0.115 e. The molecule has 0 saturated heterocycles. The molecule has 0 nitrogen and oxygen atoms in total. The predicted molar refractivity (Wildman–Crippen MR) is 118 cm³/mol. The Morgan fingerprint density at radius 2 is 1.85 bits per heavy atom. The van der Waals surface area contributed by atoms with Crippen molar-refractivity contribution in [3.05, 3.63) is 57.7 Å². The second-order valence-corrected chi connectivity index (χ2v) is 9.18. The van der Waals surface area contributed by atoms with Crippen LogP contribution < -0.4 is 0 Å². The van der Waals surface area contributed by atoms with Crippen molar-refractivity contribution in [2.45, 2.75) is 85.0 Å². The molecular formula is C27H36. The van der Waals surface area contributed by atoms with Gasteiger partial charge in [-0.15, -0.1) is 6.42 Å². The smallest absolute Gasteiger partial charge is 0.00156 e. The number of hydrogen-bond acceptors (Lipinski definition) is 0. The summed E-state index contributed by atoms with van der Waals surface area (Å²) in [6, 6.07) is 5.14. The first-order chi connectivity index (χ1) is 13.0. The first kappa shape index (κ1) is 20.0. The summed E-state index contributed by atoms with van der Waals surface area (Å²) in [6.07, 6.45) is 20.3. The van der Waals surface area contributed by atoms with Crippen molar-refractivity contribution < 1.29 is 0 Å². The lowest BCUT2D eigenvalue weighted by molar-refractivity contribution is 0.268. The van der Waals surface area contributed by atoms with Crippen LogP contribution in [0.1, 0.15) is 88.0 Å². The van der Waals surface area contributed by atoms with Crippen molar-refractivity contribution in [2.75, 3.05) is 0 Å². The van der Waals surface area contributed by atoms with E-state index in [1.165, 1.54) is 44.1 Å². The second kappa shape index (κ2) is 8.97. The van der Waals surface area contributed by atoms with E-state index in [0.29, 0.717) is 0 Å². The quantitative estimate of drug-likeness (QED) is 0.385. The fraction of sp³-hybridized carbons (Fsp3) is 0.556. The Balaban J connectivity index is 1.76. The molecule has 0 heterocycles. The van der Waals surface area contributed by atoms with E-state index in [9.17, 15) is 0 Å². The highest BCUT2D eigenvalue weighted by Crippen LogP contribution is 2.41. The molecule has 2 aliphatic carbocycles. The van der Waals surface area contributed by atoms with Gasteiger partial charge in [0.15, 0.2) is 0 Å². The van der Waals surface area contributed by atoms with Gasteiger partial charge in [-0.3, -0.25) is 0 Å². The third-order valence-electron chi connectivity index (χ3n) is 6.74. The summed E-state index contributed by atoms with van der Waals surface area (Å²) >= 11 is 0. The summed E-state index contributed by atoms with van der Waals surface area (Å²) in [7, 11) is 0. The van der Waals surface area contributed by atoms with Crippen LogP contribution in [0.2, 0.25) is 0 Å². The van der Waals surface area contributed by atoms with Gasteiger partial charge in [0, 0.05) is 5.57 Å². The van der Waals surface area contributed by atoms with Gasteiger partial charge in [-0.1, -0.05) is 44.1 Å². The van der Waals surface area contributed by atoms with Crippen molar-refractivity contribution >= 4 is 0 Å². The van der Waals surface area contributed by atoms with E-state index in [4.69, 9.17) is 6.42 Å².